The molecule has 0 amide bonds. The molecule has 2 aromatic heterocycles. The van der Waals surface area contributed by atoms with E-state index < -0.39 is 0 Å². The van der Waals surface area contributed by atoms with Crippen molar-refractivity contribution in [1.82, 2.24) is 4.98 Å². The molecule has 0 saturated carbocycles. The zero-order valence-electron chi connectivity index (χ0n) is 5.91. The van der Waals surface area contributed by atoms with E-state index in [1.165, 1.54) is 12.5 Å². The van der Waals surface area contributed by atoms with Gasteiger partial charge in [-0.05, 0) is 6.07 Å². The van der Waals surface area contributed by atoms with Crippen molar-refractivity contribution in [3.05, 3.63) is 29.1 Å². The summed E-state index contributed by atoms with van der Waals surface area (Å²) in [5, 5.41) is 9.72. The highest BCUT2D eigenvalue weighted by Crippen LogP contribution is 2.24. The lowest BCUT2D eigenvalue weighted by molar-refractivity contribution is 0.603. The average Bonchev–Trinajstić information content (AvgIpc) is 2.47. The summed E-state index contributed by atoms with van der Waals surface area (Å²) in [7, 11) is 0. The SMILES string of the molecule is N#Cc1cnc2occ(Cl)c2c1. The molecule has 2 rings (SSSR count). The molecule has 12 heavy (non-hydrogen) atoms. The summed E-state index contributed by atoms with van der Waals surface area (Å²) in [6, 6.07) is 3.62. The quantitative estimate of drug-likeness (QED) is 0.622. The van der Waals surface area contributed by atoms with Crippen molar-refractivity contribution in [1.29, 1.82) is 5.26 Å². The van der Waals surface area contributed by atoms with Gasteiger partial charge in [0.05, 0.1) is 16.0 Å². The molecule has 2 heterocycles. The summed E-state index contributed by atoms with van der Waals surface area (Å²) in [6.45, 7) is 0. The highest BCUT2D eigenvalue weighted by molar-refractivity contribution is 6.35. The molecule has 4 heteroatoms. The van der Waals surface area contributed by atoms with E-state index in [-0.39, 0.29) is 0 Å². The van der Waals surface area contributed by atoms with Gasteiger partial charge in [-0.3, -0.25) is 0 Å². The van der Waals surface area contributed by atoms with Gasteiger partial charge in [-0.25, -0.2) is 4.98 Å². The van der Waals surface area contributed by atoms with E-state index in [1.807, 2.05) is 6.07 Å². The second-order valence-electron chi connectivity index (χ2n) is 2.27. The van der Waals surface area contributed by atoms with Crippen LogP contribution in [0.15, 0.2) is 22.9 Å². The van der Waals surface area contributed by atoms with E-state index in [2.05, 4.69) is 4.98 Å². The molecule has 0 spiro atoms. The van der Waals surface area contributed by atoms with Crippen LogP contribution in [0.1, 0.15) is 5.56 Å². The first-order valence-electron chi connectivity index (χ1n) is 3.24. The molecule has 0 aliphatic heterocycles. The van der Waals surface area contributed by atoms with Crippen molar-refractivity contribution in [2.24, 2.45) is 0 Å². The first-order chi connectivity index (χ1) is 5.81. The molecule has 0 bridgehead atoms. The number of halogens is 1. The zero-order valence-corrected chi connectivity index (χ0v) is 6.67. The summed E-state index contributed by atoms with van der Waals surface area (Å²) in [6.07, 6.45) is 2.85. The highest BCUT2D eigenvalue weighted by Gasteiger charge is 2.04. The first kappa shape index (κ1) is 7.14. The largest absolute Gasteiger partial charge is 0.445 e. The highest BCUT2D eigenvalue weighted by atomic mass is 35.5. The molecule has 0 radical (unpaired) electrons. The Labute approximate surface area is 73.2 Å². The van der Waals surface area contributed by atoms with E-state index in [4.69, 9.17) is 21.3 Å². The Balaban J connectivity index is 2.82. The van der Waals surface area contributed by atoms with Crippen LogP contribution < -0.4 is 0 Å². The molecule has 0 fully saturated rings. The minimum absolute atomic E-state index is 0.457. The second-order valence-corrected chi connectivity index (χ2v) is 2.68. The van der Waals surface area contributed by atoms with Crippen LogP contribution in [0.25, 0.3) is 11.1 Å². The number of pyridine rings is 1. The van der Waals surface area contributed by atoms with Crippen LogP contribution in [0.3, 0.4) is 0 Å². The smallest absolute Gasteiger partial charge is 0.227 e. The number of nitrogens with zero attached hydrogens (tertiary/aromatic N) is 2. The lowest BCUT2D eigenvalue weighted by Crippen LogP contribution is -1.77. The summed E-state index contributed by atoms with van der Waals surface area (Å²) in [4.78, 5) is 3.90. The van der Waals surface area contributed by atoms with Crippen molar-refractivity contribution < 1.29 is 4.42 Å². The van der Waals surface area contributed by atoms with Crippen molar-refractivity contribution in [3.63, 3.8) is 0 Å². The van der Waals surface area contributed by atoms with E-state index in [1.54, 1.807) is 6.07 Å². The number of fused-ring (bicyclic) bond motifs is 1. The fourth-order valence-corrected chi connectivity index (χ4v) is 1.13. The number of rotatable bonds is 0. The summed E-state index contributed by atoms with van der Waals surface area (Å²) < 4.78 is 5.00. The Hall–Kier alpha value is -1.53. The van der Waals surface area contributed by atoms with Crippen LogP contribution in [0, 0.1) is 11.3 Å². The zero-order chi connectivity index (χ0) is 8.55. The minimum atomic E-state index is 0.457. The van der Waals surface area contributed by atoms with Gasteiger partial charge in [0, 0.05) is 6.20 Å². The fraction of sp³-hybridized carbons (Fsp3) is 0. The van der Waals surface area contributed by atoms with Gasteiger partial charge in [0.15, 0.2) is 0 Å². The topological polar surface area (TPSA) is 49.8 Å². The van der Waals surface area contributed by atoms with Gasteiger partial charge in [0.2, 0.25) is 5.71 Å². The molecule has 0 aliphatic carbocycles. The van der Waals surface area contributed by atoms with Gasteiger partial charge < -0.3 is 4.42 Å². The molecular formula is C8H3ClN2O. The third-order valence-electron chi connectivity index (χ3n) is 1.51. The van der Waals surface area contributed by atoms with Crippen molar-refractivity contribution in [2.45, 2.75) is 0 Å². The van der Waals surface area contributed by atoms with Crippen LogP contribution >= 0.6 is 11.6 Å². The lowest BCUT2D eigenvalue weighted by Gasteiger charge is -1.87. The lowest BCUT2D eigenvalue weighted by atomic mass is 10.2. The number of hydrogen-bond acceptors (Lipinski definition) is 3. The molecular weight excluding hydrogens is 176 g/mol. The standard InChI is InChI=1S/C8H3ClN2O/c9-7-4-12-8-6(7)1-5(2-10)3-11-8/h1,3-4H. The maximum atomic E-state index is 8.56. The van der Waals surface area contributed by atoms with Crippen molar-refractivity contribution >= 4 is 22.7 Å². The Bertz CT molecular complexity index is 469. The predicted octanol–water partition coefficient (Wildman–Crippen LogP) is 2.35. The fourth-order valence-electron chi connectivity index (χ4n) is 0.949. The van der Waals surface area contributed by atoms with Crippen molar-refractivity contribution in [2.75, 3.05) is 0 Å². The third kappa shape index (κ3) is 0.936. The van der Waals surface area contributed by atoms with Crippen LogP contribution in [0.4, 0.5) is 0 Å². The minimum Gasteiger partial charge on any atom is -0.445 e. The monoisotopic (exact) mass is 178 g/mol. The maximum Gasteiger partial charge on any atom is 0.227 e. The van der Waals surface area contributed by atoms with E-state index in [0.717, 1.165) is 0 Å². The summed E-state index contributed by atoms with van der Waals surface area (Å²) in [5.41, 5.74) is 0.935. The Morgan fingerprint density at radius 2 is 2.42 bits per heavy atom. The van der Waals surface area contributed by atoms with Crippen LogP contribution in [0.2, 0.25) is 5.02 Å². The molecule has 2 aromatic rings. The third-order valence-corrected chi connectivity index (χ3v) is 1.80. The first-order valence-corrected chi connectivity index (χ1v) is 3.62. The van der Waals surface area contributed by atoms with Gasteiger partial charge in [-0.2, -0.15) is 5.26 Å². The molecule has 0 N–H and O–H groups in total. The Kier molecular flexibility index (Phi) is 1.49. The molecule has 0 unspecified atom stereocenters. The number of aromatic nitrogens is 1. The molecule has 58 valence electrons. The molecule has 0 atom stereocenters. The summed E-state index contributed by atoms with van der Waals surface area (Å²) >= 11 is 5.76. The van der Waals surface area contributed by atoms with Crippen LogP contribution in [0.5, 0.6) is 0 Å². The van der Waals surface area contributed by atoms with Gasteiger partial charge >= 0.3 is 0 Å². The Morgan fingerprint density at radius 1 is 1.58 bits per heavy atom. The van der Waals surface area contributed by atoms with Gasteiger partial charge in [0.25, 0.3) is 0 Å². The molecule has 0 saturated heterocycles. The van der Waals surface area contributed by atoms with Crippen LogP contribution in [-0.2, 0) is 0 Å². The number of nitriles is 1. The van der Waals surface area contributed by atoms with E-state index in [9.17, 15) is 0 Å². The normalized spacial score (nSPS) is 10.0. The number of hydrogen-bond donors (Lipinski definition) is 0. The maximum absolute atomic E-state index is 8.56. The average molecular weight is 179 g/mol. The number of furan rings is 1. The summed E-state index contributed by atoms with van der Waals surface area (Å²) in [5.74, 6) is 0. The van der Waals surface area contributed by atoms with Crippen molar-refractivity contribution in [3.8, 4) is 6.07 Å². The van der Waals surface area contributed by atoms with E-state index in [0.29, 0.717) is 21.7 Å². The van der Waals surface area contributed by atoms with Gasteiger partial charge in [-0.1, -0.05) is 11.6 Å². The molecule has 3 nitrogen and oxygen atoms in total. The second kappa shape index (κ2) is 2.50. The Morgan fingerprint density at radius 3 is 3.17 bits per heavy atom. The van der Waals surface area contributed by atoms with Crippen LogP contribution in [-0.4, -0.2) is 4.98 Å². The molecule has 0 aromatic carbocycles. The molecule has 0 aliphatic rings. The van der Waals surface area contributed by atoms with Gasteiger partial charge in [0.1, 0.15) is 12.3 Å². The predicted molar refractivity (Wildman–Crippen MR) is 43.7 cm³/mol. The van der Waals surface area contributed by atoms with E-state index >= 15 is 0 Å². The van der Waals surface area contributed by atoms with Gasteiger partial charge in [-0.15, -0.1) is 0 Å².